The molecule has 0 aliphatic carbocycles. The van der Waals surface area contributed by atoms with Crippen molar-refractivity contribution >= 4 is 0 Å². The summed E-state index contributed by atoms with van der Waals surface area (Å²) in [5.41, 5.74) is 0.543. The summed E-state index contributed by atoms with van der Waals surface area (Å²) in [6.45, 7) is 5.54. The highest BCUT2D eigenvalue weighted by Gasteiger charge is 2.09. The Balaban J connectivity index is 2.42. The van der Waals surface area contributed by atoms with Gasteiger partial charge in [-0.1, -0.05) is 12.1 Å². The number of rotatable bonds is 8. The Morgan fingerprint density at radius 2 is 1.83 bits per heavy atom. The van der Waals surface area contributed by atoms with Crippen molar-refractivity contribution in [1.29, 1.82) is 5.26 Å². The van der Waals surface area contributed by atoms with Gasteiger partial charge in [0.15, 0.2) is 6.29 Å². The molecule has 0 heterocycles. The minimum Gasteiger partial charge on any atom is -0.492 e. The SMILES string of the molecule is CCOC(CCOc1ccccc1C#N)OCC. The second-order valence-corrected chi connectivity index (χ2v) is 3.59. The summed E-state index contributed by atoms with van der Waals surface area (Å²) in [4.78, 5) is 0. The van der Waals surface area contributed by atoms with E-state index < -0.39 is 0 Å². The third kappa shape index (κ3) is 4.74. The van der Waals surface area contributed by atoms with E-state index in [1.54, 1.807) is 12.1 Å². The molecular weight excluding hydrogens is 230 g/mol. The summed E-state index contributed by atoms with van der Waals surface area (Å²) >= 11 is 0. The van der Waals surface area contributed by atoms with Gasteiger partial charge in [0.1, 0.15) is 11.8 Å². The first kappa shape index (κ1) is 14.5. The van der Waals surface area contributed by atoms with Crippen molar-refractivity contribution in [1.82, 2.24) is 0 Å². The maximum atomic E-state index is 8.92. The molecule has 0 amide bonds. The highest BCUT2D eigenvalue weighted by atomic mass is 16.7. The van der Waals surface area contributed by atoms with E-state index in [0.717, 1.165) is 0 Å². The van der Waals surface area contributed by atoms with Gasteiger partial charge in [-0.3, -0.25) is 0 Å². The molecule has 0 aliphatic rings. The van der Waals surface area contributed by atoms with E-state index >= 15 is 0 Å². The summed E-state index contributed by atoms with van der Waals surface area (Å²) in [7, 11) is 0. The molecule has 0 aromatic heterocycles. The second-order valence-electron chi connectivity index (χ2n) is 3.59. The molecule has 1 aromatic carbocycles. The first-order chi connectivity index (χ1) is 8.81. The number of ether oxygens (including phenoxy) is 3. The molecular formula is C14H19NO3. The van der Waals surface area contributed by atoms with Crippen molar-refractivity contribution in [2.24, 2.45) is 0 Å². The summed E-state index contributed by atoms with van der Waals surface area (Å²) in [6.07, 6.45) is 0.399. The lowest BCUT2D eigenvalue weighted by Gasteiger charge is -2.17. The molecule has 0 saturated heterocycles. The van der Waals surface area contributed by atoms with Crippen LogP contribution in [0.5, 0.6) is 5.75 Å². The van der Waals surface area contributed by atoms with Crippen molar-refractivity contribution in [3.8, 4) is 11.8 Å². The lowest BCUT2D eigenvalue weighted by atomic mass is 10.2. The normalized spacial score (nSPS) is 10.3. The van der Waals surface area contributed by atoms with Crippen molar-refractivity contribution < 1.29 is 14.2 Å². The number of benzene rings is 1. The van der Waals surface area contributed by atoms with Gasteiger partial charge >= 0.3 is 0 Å². The van der Waals surface area contributed by atoms with Crippen LogP contribution in [0.15, 0.2) is 24.3 Å². The fourth-order valence-corrected chi connectivity index (χ4v) is 1.54. The van der Waals surface area contributed by atoms with Gasteiger partial charge in [0.25, 0.3) is 0 Å². The Hall–Kier alpha value is -1.57. The van der Waals surface area contributed by atoms with Crippen LogP contribution in [0.25, 0.3) is 0 Å². The fraction of sp³-hybridized carbons (Fsp3) is 0.500. The van der Waals surface area contributed by atoms with Gasteiger partial charge in [-0.05, 0) is 26.0 Å². The van der Waals surface area contributed by atoms with Crippen LogP contribution in [0.2, 0.25) is 0 Å². The predicted molar refractivity (Wildman–Crippen MR) is 68.3 cm³/mol. The van der Waals surface area contributed by atoms with Gasteiger partial charge in [-0.15, -0.1) is 0 Å². The standard InChI is InChI=1S/C14H19NO3/c1-3-16-14(17-4-2)9-10-18-13-8-6-5-7-12(13)11-15/h5-8,14H,3-4,9-10H2,1-2H3. The maximum absolute atomic E-state index is 8.92. The van der Waals surface area contributed by atoms with E-state index in [-0.39, 0.29) is 6.29 Å². The van der Waals surface area contributed by atoms with E-state index in [2.05, 4.69) is 6.07 Å². The average Bonchev–Trinajstić information content (AvgIpc) is 2.40. The van der Waals surface area contributed by atoms with Crippen molar-refractivity contribution in [3.05, 3.63) is 29.8 Å². The van der Waals surface area contributed by atoms with E-state index in [4.69, 9.17) is 19.5 Å². The van der Waals surface area contributed by atoms with Crippen LogP contribution in [-0.2, 0) is 9.47 Å². The zero-order valence-corrected chi connectivity index (χ0v) is 10.9. The molecule has 4 heteroatoms. The van der Waals surface area contributed by atoms with Crippen LogP contribution in [0.3, 0.4) is 0 Å². The van der Waals surface area contributed by atoms with Crippen LogP contribution in [0, 0.1) is 11.3 Å². The number of hydrogen-bond donors (Lipinski definition) is 0. The molecule has 1 rings (SSSR count). The maximum Gasteiger partial charge on any atom is 0.160 e. The van der Waals surface area contributed by atoms with Gasteiger partial charge in [0.05, 0.1) is 12.2 Å². The molecule has 0 aliphatic heterocycles. The van der Waals surface area contributed by atoms with Gasteiger partial charge < -0.3 is 14.2 Å². The average molecular weight is 249 g/mol. The minimum atomic E-state index is -0.241. The number of nitriles is 1. The fourth-order valence-electron chi connectivity index (χ4n) is 1.54. The smallest absolute Gasteiger partial charge is 0.160 e. The molecule has 0 radical (unpaired) electrons. The first-order valence-corrected chi connectivity index (χ1v) is 6.16. The quantitative estimate of drug-likeness (QED) is 0.665. The molecule has 1 aromatic rings. The van der Waals surface area contributed by atoms with E-state index in [1.165, 1.54) is 0 Å². The zero-order valence-electron chi connectivity index (χ0n) is 10.9. The molecule has 0 saturated carbocycles. The first-order valence-electron chi connectivity index (χ1n) is 6.16. The van der Waals surface area contributed by atoms with E-state index in [9.17, 15) is 0 Å². The van der Waals surface area contributed by atoms with Crippen LogP contribution < -0.4 is 4.74 Å². The Bertz CT molecular complexity index is 381. The molecule has 0 atom stereocenters. The molecule has 0 N–H and O–H groups in total. The monoisotopic (exact) mass is 249 g/mol. The number of para-hydroxylation sites is 1. The van der Waals surface area contributed by atoms with Crippen LogP contribution in [-0.4, -0.2) is 26.1 Å². The molecule has 0 spiro atoms. The Morgan fingerprint density at radius 1 is 1.17 bits per heavy atom. The van der Waals surface area contributed by atoms with Crippen molar-refractivity contribution in [2.45, 2.75) is 26.6 Å². The predicted octanol–water partition coefficient (Wildman–Crippen LogP) is 2.73. The third-order valence-corrected chi connectivity index (χ3v) is 2.32. The second kappa shape index (κ2) is 8.51. The lowest BCUT2D eigenvalue weighted by Crippen LogP contribution is -2.20. The van der Waals surface area contributed by atoms with Crippen LogP contribution in [0.1, 0.15) is 25.8 Å². The molecule has 0 unspecified atom stereocenters. The largest absolute Gasteiger partial charge is 0.492 e. The molecule has 0 bridgehead atoms. The summed E-state index contributed by atoms with van der Waals surface area (Å²) in [5, 5.41) is 8.92. The van der Waals surface area contributed by atoms with Crippen molar-refractivity contribution in [3.63, 3.8) is 0 Å². The molecule has 98 valence electrons. The lowest BCUT2D eigenvalue weighted by molar-refractivity contribution is -0.142. The molecule has 4 nitrogen and oxygen atoms in total. The van der Waals surface area contributed by atoms with Gasteiger partial charge in [-0.2, -0.15) is 5.26 Å². The minimum absolute atomic E-state index is 0.241. The van der Waals surface area contributed by atoms with Gasteiger partial charge in [-0.25, -0.2) is 0 Å². The number of hydrogen-bond acceptors (Lipinski definition) is 4. The highest BCUT2D eigenvalue weighted by molar-refractivity contribution is 5.42. The summed E-state index contributed by atoms with van der Waals surface area (Å²) in [5.74, 6) is 0.603. The van der Waals surface area contributed by atoms with E-state index in [0.29, 0.717) is 37.6 Å². The zero-order chi connectivity index (χ0) is 13.2. The Morgan fingerprint density at radius 3 is 2.44 bits per heavy atom. The van der Waals surface area contributed by atoms with Gasteiger partial charge in [0.2, 0.25) is 0 Å². The van der Waals surface area contributed by atoms with Gasteiger partial charge in [0, 0.05) is 19.6 Å². The molecule has 0 fully saturated rings. The van der Waals surface area contributed by atoms with Crippen LogP contribution >= 0.6 is 0 Å². The highest BCUT2D eigenvalue weighted by Crippen LogP contribution is 2.17. The van der Waals surface area contributed by atoms with E-state index in [1.807, 2.05) is 26.0 Å². The Labute approximate surface area is 108 Å². The topological polar surface area (TPSA) is 51.5 Å². The summed E-state index contributed by atoms with van der Waals surface area (Å²) in [6, 6.07) is 9.28. The third-order valence-electron chi connectivity index (χ3n) is 2.32. The van der Waals surface area contributed by atoms with Crippen LogP contribution in [0.4, 0.5) is 0 Å². The summed E-state index contributed by atoms with van der Waals surface area (Å²) < 4.78 is 16.4. The van der Waals surface area contributed by atoms with Crippen molar-refractivity contribution in [2.75, 3.05) is 19.8 Å². The number of nitrogens with zero attached hydrogens (tertiary/aromatic N) is 1. The molecule has 18 heavy (non-hydrogen) atoms. The Kier molecular flexibility index (Phi) is 6.85.